The molecular weight excluding hydrogens is 332 g/mol. The first-order valence-corrected chi connectivity index (χ1v) is 8.14. The van der Waals surface area contributed by atoms with Gasteiger partial charge in [0.05, 0.1) is 16.0 Å². The van der Waals surface area contributed by atoms with Crippen molar-refractivity contribution < 1.29 is 14.5 Å². The molecule has 3 rings (SSSR count). The van der Waals surface area contributed by atoms with Crippen molar-refractivity contribution in [2.75, 3.05) is 0 Å². The molecule has 1 aromatic carbocycles. The molecule has 0 radical (unpaired) electrons. The number of thiazole rings is 1. The van der Waals surface area contributed by atoms with Gasteiger partial charge in [0.25, 0.3) is 5.69 Å². The zero-order valence-electron chi connectivity index (χ0n) is 12.5. The Morgan fingerprint density at radius 2 is 2.17 bits per heavy atom. The Kier molecular flexibility index (Phi) is 4.52. The molecule has 1 fully saturated rings. The summed E-state index contributed by atoms with van der Waals surface area (Å²) in [6.45, 7) is 0.199. The highest BCUT2D eigenvalue weighted by molar-refractivity contribution is 7.09. The van der Waals surface area contributed by atoms with E-state index in [1.807, 2.05) is 5.38 Å². The van der Waals surface area contributed by atoms with Gasteiger partial charge in [-0.25, -0.2) is 9.78 Å². The number of imide groups is 1. The first-order chi connectivity index (χ1) is 11.5. The Bertz CT molecular complexity index is 760. The van der Waals surface area contributed by atoms with E-state index in [0.717, 1.165) is 10.6 Å². The number of nitrogens with one attached hydrogen (secondary N) is 1. The van der Waals surface area contributed by atoms with Crippen LogP contribution in [0.3, 0.4) is 0 Å². The molecule has 1 atom stereocenters. The summed E-state index contributed by atoms with van der Waals surface area (Å²) in [5, 5.41) is 16.0. The number of non-ortho nitro benzene ring substituents is 1. The molecule has 24 heavy (non-hydrogen) atoms. The number of β-lactam (4-membered cyclic amide) rings is 1. The number of urea groups is 1. The molecule has 3 amide bonds. The molecule has 1 saturated heterocycles. The van der Waals surface area contributed by atoms with Gasteiger partial charge in [0.2, 0.25) is 5.91 Å². The minimum Gasteiger partial charge on any atom is -0.334 e. The van der Waals surface area contributed by atoms with Crippen LogP contribution in [0.4, 0.5) is 10.5 Å². The maximum Gasteiger partial charge on any atom is 0.324 e. The van der Waals surface area contributed by atoms with E-state index in [1.165, 1.54) is 28.4 Å². The van der Waals surface area contributed by atoms with E-state index in [1.54, 1.807) is 18.3 Å². The van der Waals surface area contributed by atoms with E-state index in [0.29, 0.717) is 12.8 Å². The van der Waals surface area contributed by atoms with E-state index in [-0.39, 0.29) is 24.2 Å². The number of carbonyl (C=O) groups is 2. The van der Waals surface area contributed by atoms with Crippen molar-refractivity contribution in [3.63, 3.8) is 0 Å². The maximum atomic E-state index is 12.2. The standard InChI is InChI=1S/C15H14N4O4S/c20-14-8-12(7-13-16-5-6-24-13)18(14)15(21)17-9-10-1-3-11(4-2-10)19(22)23/h1-6,12H,7-9H2,(H,17,21)/t12-/m0/s1. The number of amides is 3. The number of hydrogen-bond acceptors (Lipinski definition) is 6. The van der Waals surface area contributed by atoms with Crippen molar-refractivity contribution in [3.05, 3.63) is 56.5 Å². The van der Waals surface area contributed by atoms with Crippen molar-refractivity contribution in [1.29, 1.82) is 0 Å². The average Bonchev–Trinajstić information content (AvgIpc) is 3.06. The second-order valence-electron chi connectivity index (χ2n) is 5.33. The first kappa shape index (κ1) is 16.1. The summed E-state index contributed by atoms with van der Waals surface area (Å²) in [7, 11) is 0. The van der Waals surface area contributed by atoms with Gasteiger partial charge >= 0.3 is 6.03 Å². The number of rotatable bonds is 5. The zero-order chi connectivity index (χ0) is 17.1. The van der Waals surface area contributed by atoms with E-state index in [9.17, 15) is 19.7 Å². The first-order valence-electron chi connectivity index (χ1n) is 7.26. The molecule has 1 N–H and O–H groups in total. The number of carbonyl (C=O) groups excluding carboxylic acids is 2. The van der Waals surface area contributed by atoms with E-state index >= 15 is 0 Å². The van der Waals surface area contributed by atoms with Crippen molar-refractivity contribution >= 4 is 29.0 Å². The lowest BCUT2D eigenvalue weighted by Crippen LogP contribution is -2.59. The van der Waals surface area contributed by atoms with Gasteiger partial charge in [0.1, 0.15) is 0 Å². The van der Waals surface area contributed by atoms with Gasteiger partial charge in [-0.05, 0) is 5.56 Å². The van der Waals surface area contributed by atoms with Crippen LogP contribution in [0.5, 0.6) is 0 Å². The SMILES string of the molecule is O=C1C[C@H](Cc2nccs2)N1C(=O)NCc1ccc([N+](=O)[O-])cc1. The van der Waals surface area contributed by atoms with Crippen LogP contribution in [0.2, 0.25) is 0 Å². The Hall–Kier alpha value is -2.81. The van der Waals surface area contributed by atoms with Crippen LogP contribution in [0.15, 0.2) is 35.8 Å². The van der Waals surface area contributed by atoms with Gasteiger partial charge in [-0.3, -0.25) is 19.8 Å². The number of benzene rings is 1. The van der Waals surface area contributed by atoms with E-state index in [2.05, 4.69) is 10.3 Å². The highest BCUT2D eigenvalue weighted by Gasteiger charge is 2.40. The highest BCUT2D eigenvalue weighted by Crippen LogP contribution is 2.24. The second-order valence-corrected chi connectivity index (χ2v) is 6.31. The minimum absolute atomic E-state index is 0.00786. The van der Waals surface area contributed by atoms with Crippen molar-refractivity contribution in [1.82, 2.24) is 15.2 Å². The maximum absolute atomic E-state index is 12.2. The lowest BCUT2D eigenvalue weighted by atomic mass is 9.99. The largest absolute Gasteiger partial charge is 0.334 e. The monoisotopic (exact) mass is 346 g/mol. The number of nitrogens with zero attached hydrogens (tertiary/aromatic N) is 3. The van der Waals surface area contributed by atoms with Crippen LogP contribution in [-0.4, -0.2) is 32.8 Å². The molecule has 2 heterocycles. The number of nitro groups is 1. The number of nitro benzene ring substituents is 1. The molecule has 1 aliphatic rings. The third kappa shape index (κ3) is 3.40. The minimum atomic E-state index is -0.482. The van der Waals surface area contributed by atoms with Crippen LogP contribution in [-0.2, 0) is 17.8 Å². The summed E-state index contributed by atoms with van der Waals surface area (Å²) < 4.78 is 0. The lowest BCUT2D eigenvalue weighted by molar-refractivity contribution is -0.384. The van der Waals surface area contributed by atoms with Gasteiger partial charge in [-0.2, -0.15) is 0 Å². The highest BCUT2D eigenvalue weighted by atomic mass is 32.1. The normalized spacial score (nSPS) is 16.6. The zero-order valence-corrected chi connectivity index (χ0v) is 13.4. The molecular formula is C15H14N4O4S. The number of aromatic nitrogens is 1. The molecule has 0 saturated carbocycles. The third-order valence-electron chi connectivity index (χ3n) is 3.75. The summed E-state index contributed by atoms with van der Waals surface area (Å²) in [6.07, 6.45) is 2.60. The fraction of sp³-hybridized carbons (Fsp3) is 0.267. The van der Waals surface area contributed by atoms with Crippen LogP contribution < -0.4 is 5.32 Å². The molecule has 2 aromatic rings. The molecule has 0 spiro atoms. The molecule has 0 aliphatic carbocycles. The molecule has 1 aliphatic heterocycles. The Labute approximate surface area is 141 Å². The number of hydrogen-bond donors (Lipinski definition) is 1. The van der Waals surface area contributed by atoms with Gasteiger partial charge in [-0.1, -0.05) is 12.1 Å². The van der Waals surface area contributed by atoms with E-state index in [4.69, 9.17) is 0 Å². The van der Waals surface area contributed by atoms with Gasteiger partial charge in [-0.15, -0.1) is 11.3 Å². The smallest absolute Gasteiger partial charge is 0.324 e. The van der Waals surface area contributed by atoms with Crippen molar-refractivity contribution in [2.45, 2.75) is 25.4 Å². The van der Waals surface area contributed by atoms with Crippen LogP contribution in [0.25, 0.3) is 0 Å². The van der Waals surface area contributed by atoms with Gasteiger partial charge in [0.15, 0.2) is 0 Å². The predicted molar refractivity (Wildman–Crippen MR) is 86.4 cm³/mol. The summed E-state index contributed by atoms with van der Waals surface area (Å²) in [5.41, 5.74) is 0.713. The molecule has 124 valence electrons. The Morgan fingerprint density at radius 1 is 1.42 bits per heavy atom. The van der Waals surface area contributed by atoms with Crippen molar-refractivity contribution in [3.8, 4) is 0 Å². The summed E-state index contributed by atoms with van der Waals surface area (Å²) in [6, 6.07) is 5.28. The summed E-state index contributed by atoms with van der Waals surface area (Å²) >= 11 is 1.49. The van der Waals surface area contributed by atoms with E-state index < -0.39 is 11.0 Å². The number of likely N-dealkylation sites (tertiary alicyclic amines) is 1. The predicted octanol–water partition coefficient (Wildman–Crippen LogP) is 2.10. The average molecular weight is 346 g/mol. The Morgan fingerprint density at radius 3 is 2.75 bits per heavy atom. The summed E-state index contributed by atoms with van der Waals surface area (Å²) in [5.74, 6) is -0.210. The molecule has 8 nitrogen and oxygen atoms in total. The Balaban J connectivity index is 1.55. The van der Waals surface area contributed by atoms with Gasteiger partial charge < -0.3 is 5.32 Å². The summed E-state index contributed by atoms with van der Waals surface area (Å²) in [4.78, 5) is 39.4. The lowest BCUT2D eigenvalue weighted by Gasteiger charge is -2.38. The fourth-order valence-electron chi connectivity index (χ4n) is 2.48. The third-order valence-corrected chi connectivity index (χ3v) is 4.55. The van der Waals surface area contributed by atoms with Gasteiger partial charge in [0, 0.05) is 43.1 Å². The second kappa shape index (κ2) is 6.75. The quantitative estimate of drug-likeness (QED) is 0.507. The molecule has 0 unspecified atom stereocenters. The van der Waals surface area contributed by atoms with Crippen LogP contribution in [0, 0.1) is 10.1 Å². The fourth-order valence-corrected chi connectivity index (χ4v) is 3.17. The van der Waals surface area contributed by atoms with Crippen LogP contribution >= 0.6 is 11.3 Å². The van der Waals surface area contributed by atoms with Crippen LogP contribution in [0.1, 0.15) is 17.0 Å². The molecule has 0 bridgehead atoms. The topological polar surface area (TPSA) is 105 Å². The van der Waals surface area contributed by atoms with Crippen molar-refractivity contribution in [2.24, 2.45) is 0 Å². The molecule has 9 heteroatoms. The molecule has 1 aromatic heterocycles.